The molecule has 1 heterocycles. The van der Waals surface area contributed by atoms with Crippen molar-refractivity contribution in [2.24, 2.45) is 0 Å². The van der Waals surface area contributed by atoms with E-state index in [0.29, 0.717) is 5.69 Å². The Balaban J connectivity index is 2.11. The quantitative estimate of drug-likeness (QED) is 0.857. The summed E-state index contributed by atoms with van der Waals surface area (Å²) in [6, 6.07) is 10.2. The van der Waals surface area contributed by atoms with Gasteiger partial charge < -0.3 is 5.11 Å². The predicted molar refractivity (Wildman–Crippen MR) is 68.1 cm³/mol. The van der Waals surface area contributed by atoms with Crippen molar-refractivity contribution in [3.63, 3.8) is 0 Å². The van der Waals surface area contributed by atoms with Gasteiger partial charge in [0.1, 0.15) is 0 Å². The number of aryl methyl sites for hydroxylation is 1. The van der Waals surface area contributed by atoms with Crippen molar-refractivity contribution < 1.29 is 5.11 Å². The van der Waals surface area contributed by atoms with Crippen LogP contribution < -0.4 is 0 Å². The molecule has 0 saturated heterocycles. The van der Waals surface area contributed by atoms with Crippen LogP contribution in [0.2, 0.25) is 0 Å². The highest BCUT2D eigenvalue weighted by atomic mass is 16.3. The first-order chi connectivity index (χ1) is 8.33. The molecule has 0 bridgehead atoms. The van der Waals surface area contributed by atoms with E-state index in [9.17, 15) is 0 Å². The van der Waals surface area contributed by atoms with Crippen LogP contribution in [0, 0.1) is 0 Å². The Bertz CT molecular complexity index is 459. The Morgan fingerprint density at radius 2 is 1.94 bits per heavy atom. The lowest BCUT2D eigenvalue weighted by molar-refractivity contribution is 0.276. The molecule has 0 radical (unpaired) electrons. The first kappa shape index (κ1) is 11.9. The van der Waals surface area contributed by atoms with Crippen LogP contribution in [0.3, 0.4) is 0 Å². The Hall–Kier alpha value is -1.61. The van der Waals surface area contributed by atoms with Crippen LogP contribution in [-0.2, 0) is 13.0 Å². The van der Waals surface area contributed by atoms with E-state index < -0.39 is 0 Å². The van der Waals surface area contributed by atoms with Crippen LogP contribution in [-0.4, -0.2) is 14.9 Å². The van der Waals surface area contributed by atoms with Crippen molar-refractivity contribution >= 4 is 0 Å². The first-order valence-corrected chi connectivity index (χ1v) is 6.08. The number of rotatable bonds is 5. The third-order valence-corrected chi connectivity index (χ3v) is 2.83. The highest BCUT2D eigenvalue weighted by Gasteiger charge is 2.00. The van der Waals surface area contributed by atoms with Gasteiger partial charge in [0.2, 0.25) is 0 Å². The van der Waals surface area contributed by atoms with Crippen LogP contribution in [0.15, 0.2) is 36.5 Å². The molecular formula is C14H18N2O. The summed E-state index contributed by atoms with van der Waals surface area (Å²) in [6.45, 7) is 2.19. The second kappa shape index (κ2) is 5.64. The number of nitrogens with zero attached hydrogens (tertiary/aromatic N) is 2. The number of aliphatic hydroxyl groups is 1. The van der Waals surface area contributed by atoms with Crippen molar-refractivity contribution in [2.45, 2.75) is 32.8 Å². The number of benzene rings is 1. The second-order valence-corrected chi connectivity index (χ2v) is 4.18. The molecule has 0 amide bonds. The molecule has 0 unspecified atom stereocenters. The summed E-state index contributed by atoms with van der Waals surface area (Å²) in [7, 11) is 0. The van der Waals surface area contributed by atoms with E-state index in [4.69, 9.17) is 5.11 Å². The van der Waals surface area contributed by atoms with Crippen LogP contribution in [0.5, 0.6) is 0 Å². The minimum absolute atomic E-state index is 0.0123. The maximum atomic E-state index is 8.96. The molecule has 1 aromatic carbocycles. The minimum Gasteiger partial charge on any atom is -0.390 e. The minimum atomic E-state index is -0.0123. The molecule has 0 aliphatic carbocycles. The average Bonchev–Trinajstić information content (AvgIpc) is 2.86. The van der Waals surface area contributed by atoms with Gasteiger partial charge in [-0.15, -0.1) is 0 Å². The smallest absolute Gasteiger partial charge is 0.0883 e. The summed E-state index contributed by atoms with van der Waals surface area (Å²) in [5.41, 5.74) is 3.09. The summed E-state index contributed by atoms with van der Waals surface area (Å²) >= 11 is 0. The highest BCUT2D eigenvalue weighted by Crippen LogP contribution is 2.11. The maximum Gasteiger partial charge on any atom is 0.0883 e. The zero-order chi connectivity index (χ0) is 12.1. The largest absolute Gasteiger partial charge is 0.390 e. The molecule has 17 heavy (non-hydrogen) atoms. The Labute approximate surface area is 102 Å². The van der Waals surface area contributed by atoms with E-state index >= 15 is 0 Å². The van der Waals surface area contributed by atoms with Crippen molar-refractivity contribution in [2.75, 3.05) is 0 Å². The number of hydrogen-bond donors (Lipinski definition) is 1. The monoisotopic (exact) mass is 230 g/mol. The Morgan fingerprint density at radius 1 is 1.18 bits per heavy atom. The predicted octanol–water partition coefficient (Wildman–Crippen LogP) is 2.71. The molecule has 0 fully saturated rings. The van der Waals surface area contributed by atoms with Gasteiger partial charge in [-0.25, -0.2) is 4.68 Å². The summed E-state index contributed by atoms with van der Waals surface area (Å²) in [6.07, 6.45) is 5.46. The molecule has 1 N–H and O–H groups in total. The normalized spacial score (nSPS) is 10.7. The molecule has 0 spiro atoms. The van der Waals surface area contributed by atoms with Crippen molar-refractivity contribution in [3.8, 4) is 5.69 Å². The lowest BCUT2D eigenvalue weighted by Gasteiger charge is -2.03. The molecule has 2 rings (SSSR count). The zero-order valence-corrected chi connectivity index (χ0v) is 10.1. The molecule has 90 valence electrons. The molecule has 0 saturated carbocycles. The van der Waals surface area contributed by atoms with Crippen LogP contribution >= 0.6 is 0 Å². The fourth-order valence-electron chi connectivity index (χ4n) is 1.79. The third-order valence-electron chi connectivity index (χ3n) is 2.83. The molecule has 0 atom stereocenters. The summed E-state index contributed by atoms with van der Waals surface area (Å²) < 4.78 is 1.79. The van der Waals surface area contributed by atoms with Gasteiger partial charge in [-0.1, -0.05) is 25.5 Å². The summed E-state index contributed by atoms with van der Waals surface area (Å²) in [4.78, 5) is 0. The molecule has 1 aromatic heterocycles. The average molecular weight is 230 g/mol. The van der Waals surface area contributed by atoms with E-state index in [1.807, 2.05) is 12.3 Å². The third kappa shape index (κ3) is 2.94. The van der Waals surface area contributed by atoms with Gasteiger partial charge >= 0.3 is 0 Å². The van der Waals surface area contributed by atoms with Gasteiger partial charge in [0, 0.05) is 6.20 Å². The molecule has 3 heteroatoms. The summed E-state index contributed by atoms with van der Waals surface area (Å²) in [5, 5.41) is 13.2. The van der Waals surface area contributed by atoms with Gasteiger partial charge in [-0.3, -0.25) is 0 Å². The first-order valence-electron chi connectivity index (χ1n) is 6.08. The van der Waals surface area contributed by atoms with E-state index in [-0.39, 0.29) is 6.61 Å². The standard InChI is InChI=1S/C14H18N2O/c1-2-3-4-12-5-7-14(8-6-12)16-10-9-13(11-17)15-16/h5-10,17H,2-4,11H2,1H3. The lowest BCUT2D eigenvalue weighted by Crippen LogP contribution is -1.96. The van der Waals surface area contributed by atoms with Crippen LogP contribution in [0.1, 0.15) is 31.0 Å². The molecule has 0 aliphatic heterocycles. The fraction of sp³-hybridized carbons (Fsp3) is 0.357. The van der Waals surface area contributed by atoms with E-state index in [1.54, 1.807) is 4.68 Å². The van der Waals surface area contributed by atoms with E-state index in [1.165, 1.54) is 18.4 Å². The second-order valence-electron chi connectivity index (χ2n) is 4.18. The molecule has 0 aliphatic rings. The molecule has 2 aromatic rings. The topological polar surface area (TPSA) is 38.0 Å². The van der Waals surface area contributed by atoms with Crippen molar-refractivity contribution in [1.29, 1.82) is 0 Å². The lowest BCUT2D eigenvalue weighted by atomic mass is 10.1. The van der Waals surface area contributed by atoms with E-state index in [0.717, 1.165) is 12.1 Å². The van der Waals surface area contributed by atoms with Crippen molar-refractivity contribution in [3.05, 3.63) is 47.8 Å². The number of unbranched alkanes of at least 4 members (excludes halogenated alkanes) is 1. The van der Waals surface area contributed by atoms with Crippen LogP contribution in [0.4, 0.5) is 0 Å². The van der Waals surface area contributed by atoms with Gasteiger partial charge in [0.15, 0.2) is 0 Å². The van der Waals surface area contributed by atoms with Gasteiger partial charge in [-0.05, 0) is 36.6 Å². The molecular weight excluding hydrogens is 212 g/mol. The molecule has 3 nitrogen and oxygen atoms in total. The van der Waals surface area contributed by atoms with Crippen LogP contribution in [0.25, 0.3) is 5.69 Å². The Morgan fingerprint density at radius 3 is 2.53 bits per heavy atom. The van der Waals surface area contributed by atoms with E-state index in [2.05, 4.69) is 36.3 Å². The zero-order valence-electron chi connectivity index (χ0n) is 10.1. The maximum absolute atomic E-state index is 8.96. The fourth-order valence-corrected chi connectivity index (χ4v) is 1.79. The van der Waals surface area contributed by atoms with Gasteiger partial charge in [0.05, 0.1) is 18.0 Å². The number of hydrogen-bond acceptors (Lipinski definition) is 2. The SMILES string of the molecule is CCCCc1ccc(-n2ccc(CO)n2)cc1. The number of aliphatic hydroxyl groups excluding tert-OH is 1. The van der Waals surface area contributed by atoms with Crippen molar-refractivity contribution in [1.82, 2.24) is 9.78 Å². The highest BCUT2D eigenvalue weighted by molar-refractivity contribution is 5.34. The number of aromatic nitrogens is 2. The van der Waals surface area contributed by atoms with Gasteiger partial charge in [0.25, 0.3) is 0 Å². The Kier molecular flexibility index (Phi) is 3.94. The van der Waals surface area contributed by atoms with Gasteiger partial charge in [-0.2, -0.15) is 5.10 Å². The summed E-state index contributed by atoms with van der Waals surface area (Å²) in [5.74, 6) is 0.